The normalized spacial score (nSPS) is 13.9. The van der Waals surface area contributed by atoms with Crippen LogP contribution < -0.4 is 14.2 Å². The number of ether oxygens (including phenoxy) is 3. The van der Waals surface area contributed by atoms with Crippen LogP contribution in [0.2, 0.25) is 0 Å². The summed E-state index contributed by atoms with van der Waals surface area (Å²) in [5, 5.41) is 0. The number of Topliss-reactive ketones (excluding diaryl/α,β-unsaturated/α-hetero) is 1. The highest BCUT2D eigenvalue weighted by Crippen LogP contribution is 2.35. The molecule has 1 aliphatic rings. The van der Waals surface area contributed by atoms with E-state index in [0.29, 0.717) is 29.4 Å². The van der Waals surface area contributed by atoms with Crippen LogP contribution in [0.1, 0.15) is 21.5 Å². The first-order valence-corrected chi connectivity index (χ1v) is 8.72. The summed E-state index contributed by atoms with van der Waals surface area (Å²) in [7, 11) is 1.59. The molecule has 0 aliphatic carbocycles. The zero-order chi connectivity index (χ0) is 19.5. The van der Waals surface area contributed by atoms with Gasteiger partial charge >= 0.3 is 0 Å². The van der Waals surface area contributed by atoms with Crippen LogP contribution >= 0.6 is 0 Å². The van der Waals surface area contributed by atoms with Crippen molar-refractivity contribution in [2.45, 2.75) is 6.61 Å². The molecular formula is C23H17FO4. The van der Waals surface area contributed by atoms with Gasteiger partial charge in [-0.3, -0.25) is 4.79 Å². The third-order valence-corrected chi connectivity index (χ3v) is 4.35. The highest BCUT2D eigenvalue weighted by molar-refractivity contribution is 6.14. The fourth-order valence-corrected chi connectivity index (χ4v) is 2.89. The quantitative estimate of drug-likeness (QED) is 0.586. The lowest BCUT2D eigenvalue weighted by atomic mass is 10.1. The number of ketones is 1. The Morgan fingerprint density at radius 2 is 1.82 bits per heavy atom. The van der Waals surface area contributed by atoms with E-state index < -0.39 is 0 Å². The van der Waals surface area contributed by atoms with Crippen LogP contribution in [0.3, 0.4) is 0 Å². The molecule has 0 fully saturated rings. The third-order valence-electron chi connectivity index (χ3n) is 4.35. The van der Waals surface area contributed by atoms with Gasteiger partial charge in [0, 0.05) is 6.07 Å². The van der Waals surface area contributed by atoms with E-state index in [9.17, 15) is 9.18 Å². The smallest absolute Gasteiger partial charge is 0.231 e. The highest BCUT2D eigenvalue weighted by Gasteiger charge is 2.27. The molecule has 0 saturated carbocycles. The molecular weight excluding hydrogens is 359 g/mol. The average molecular weight is 376 g/mol. The Labute approximate surface area is 161 Å². The Hall–Kier alpha value is -3.60. The molecule has 28 heavy (non-hydrogen) atoms. The zero-order valence-electron chi connectivity index (χ0n) is 15.1. The van der Waals surface area contributed by atoms with Crippen molar-refractivity contribution in [3.05, 3.63) is 95.0 Å². The minimum absolute atomic E-state index is 0.178. The number of hydrogen-bond acceptors (Lipinski definition) is 4. The minimum atomic E-state index is -0.288. The molecule has 0 aromatic heterocycles. The third kappa shape index (κ3) is 3.74. The summed E-state index contributed by atoms with van der Waals surface area (Å²) < 4.78 is 29.6. The van der Waals surface area contributed by atoms with Crippen LogP contribution in [0, 0.1) is 5.82 Å². The number of methoxy groups -OCH3 is 1. The van der Waals surface area contributed by atoms with Crippen molar-refractivity contribution in [2.75, 3.05) is 7.11 Å². The van der Waals surface area contributed by atoms with E-state index in [2.05, 4.69) is 0 Å². The number of rotatable bonds is 5. The molecule has 1 aliphatic heterocycles. The second kappa shape index (κ2) is 7.56. The topological polar surface area (TPSA) is 44.8 Å². The van der Waals surface area contributed by atoms with Crippen LogP contribution in [0.25, 0.3) is 6.08 Å². The fraction of sp³-hybridized carbons (Fsp3) is 0.0870. The Balaban J connectivity index is 1.50. The Morgan fingerprint density at radius 1 is 1.00 bits per heavy atom. The van der Waals surface area contributed by atoms with Crippen LogP contribution in [0.5, 0.6) is 17.2 Å². The average Bonchev–Trinajstić information content (AvgIpc) is 3.02. The molecule has 0 unspecified atom stereocenters. The molecule has 0 saturated heterocycles. The van der Waals surface area contributed by atoms with Crippen LogP contribution in [0.4, 0.5) is 4.39 Å². The van der Waals surface area contributed by atoms with Gasteiger partial charge in [-0.25, -0.2) is 4.39 Å². The van der Waals surface area contributed by atoms with Gasteiger partial charge in [-0.1, -0.05) is 24.3 Å². The standard InChI is InChI=1S/C23H17FO4/c1-26-18-4-2-3-16(11-18)12-22-23(25)20-10-9-19(13-21(20)28-22)27-14-15-5-7-17(24)8-6-15/h2-13H,14H2,1H3. The number of halogens is 1. The van der Waals surface area contributed by atoms with Crippen molar-refractivity contribution in [1.29, 1.82) is 0 Å². The predicted octanol–water partition coefficient (Wildman–Crippen LogP) is 5.03. The maximum Gasteiger partial charge on any atom is 0.231 e. The van der Waals surface area contributed by atoms with Crippen molar-refractivity contribution < 1.29 is 23.4 Å². The molecule has 140 valence electrons. The van der Waals surface area contributed by atoms with Gasteiger partial charge in [0.05, 0.1) is 12.7 Å². The van der Waals surface area contributed by atoms with Crippen molar-refractivity contribution in [2.24, 2.45) is 0 Å². The molecule has 1 heterocycles. The summed E-state index contributed by atoms with van der Waals surface area (Å²) in [6.45, 7) is 0.291. The molecule has 4 nitrogen and oxygen atoms in total. The van der Waals surface area contributed by atoms with Crippen molar-refractivity contribution in [3.8, 4) is 17.2 Å². The molecule has 3 aromatic carbocycles. The largest absolute Gasteiger partial charge is 0.497 e. The number of fused-ring (bicyclic) bond motifs is 1. The summed E-state index contributed by atoms with van der Waals surface area (Å²) in [4.78, 5) is 12.6. The van der Waals surface area contributed by atoms with Crippen molar-refractivity contribution >= 4 is 11.9 Å². The van der Waals surface area contributed by atoms with Crippen LogP contribution in [-0.4, -0.2) is 12.9 Å². The molecule has 3 aromatic rings. The summed E-state index contributed by atoms with van der Waals surface area (Å²) in [6, 6.07) is 18.6. The summed E-state index contributed by atoms with van der Waals surface area (Å²) in [5.41, 5.74) is 2.14. The number of benzene rings is 3. The fourth-order valence-electron chi connectivity index (χ4n) is 2.89. The van der Waals surface area contributed by atoms with E-state index in [-0.39, 0.29) is 17.4 Å². The van der Waals surface area contributed by atoms with E-state index in [1.54, 1.807) is 43.5 Å². The monoisotopic (exact) mass is 376 g/mol. The number of carbonyl (C=O) groups excluding carboxylic acids is 1. The maximum atomic E-state index is 13.0. The highest BCUT2D eigenvalue weighted by atomic mass is 19.1. The summed E-state index contributed by atoms with van der Waals surface area (Å²) in [6.07, 6.45) is 1.68. The minimum Gasteiger partial charge on any atom is -0.497 e. The molecule has 0 spiro atoms. The number of carbonyl (C=O) groups is 1. The molecule has 4 rings (SSSR count). The lowest BCUT2D eigenvalue weighted by Gasteiger charge is -2.07. The Bertz CT molecular complexity index is 1050. The van der Waals surface area contributed by atoms with Gasteiger partial charge in [-0.15, -0.1) is 0 Å². The molecule has 0 bridgehead atoms. The van der Waals surface area contributed by atoms with Gasteiger partial charge < -0.3 is 14.2 Å². The van der Waals surface area contributed by atoms with Crippen LogP contribution in [0.15, 0.2) is 72.5 Å². The first-order chi connectivity index (χ1) is 13.6. The molecule has 0 amide bonds. The SMILES string of the molecule is COc1cccc(C=C2Oc3cc(OCc4ccc(F)cc4)ccc3C2=O)c1. The Morgan fingerprint density at radius 3 is 2.61 bits per heavy atom. The zero-order valence-corrected chi connectivity index (χ0v) is 15.1. The van der Waals surface area contributed by atoms with E-state index in [4.69, 9.17) is 14.2 Å². The lowest BCUT2D eigenvalue weighted by Crippen LogP contribution is -1.98. The molecule has 0 radical (unpaired) electrons. The first-order valence-electron chi connectivity index (χ1n) is 8.72. The predicted molar refractivity (Wildman–Crippen MR) is 103 cm³/mol. The lowest BCUT2D eigenvalue weighted by molar-refractivity contribution is 0.101. The summed E-state index contributed by atoms with van der Waals surface area (Å²) >= 11 is 0. The van der Waals surface area contributed by atoms with Crippen molar-refractivity contribution in [3.63, 3.8) is 0 Å². The molecule has 0 atom stereocenters. The maximum absolute atomic E-state index is 13.0. The number of allylic oxidation sites excluding steroid dienone is 1. The van der Waals surface area contributed by atoms with Gasteiger partial charge in [-0.05, 0) is 53.6 Å². The second-order valence-corrected chi connectivity index (χ2v) is 6.29. The van der Waals surface area contributed by atoms with Crippen LogP contribution in [-0.2, 0) is 6.61 Å². The Kier molecular flexibility index (Phi) is 4.81. The number of hydrogen-bond donors (Lipinski definition) is 0. The van der Waals surface area contributed by atoms with Crippen molar-refractivity contribution in [1.82, 2.24) is 0 Å². The van der Waals surface area contributed by atoms with Gasteiger partial charge in [0.25, 0.3) is 0 Å². The van der Waals surface area contributed by atoms with E-state index >= 15 is 0 Å². The van der Waals surface area contributed by atoms with Gasteiger partial charge in [0.15, 0.2) is 5.76 Å². The van der Waals surface area contributed by atoms with E-state index in [1.165, 1.54) is 12.1 Å². The molecule has 5 heteroatoms. The first kappa shape index (κ1) is 17.8. The second-order valence-electron chi connectivity index (χ2n) is 6.29. The summed E-state index contributed by atoms with van der Waals surface area (Å²) in [5.74, 6) is 1.51. The van der Waals surface area contributed by atoms with Gasteiger partial charge in [0.1, 0.15) is 29.7 Å². The van der Waals surface area contributed by atoms with Gasteiger partial charge in [-0.2, -0.15) is 0 Å². The van der Waals surface area contributed by atoms with E-state index in [1.807, 2.05) is 24.3 Å². The van der Waals surface area contributed by atoms with E-state index in [0.717, 1.165) is 11.1 Å². The molecule has 0 N–H and O–H groups in total. The van der Waals surface area contributed by atoms with Gasteiger partial charge in [0.2, 0.25) is 5.78 Å².